The van der Waals surface area contributed by atoms with Crippen LogP contribution in [0.2, 0.25) is 0 Å². The van der Waals surface area contributed by atoms with Crippen molar-refractivity contribution in [2.45, 2.75) is 71.6 Å². The third-order valence-electron chi connectivity index (χ3n) is 6.51. The fraction of sp³-hybridized carbons (Fsp3) is 0.500. The number of hydrogen-bond donors (Lipinski definition) is 3. The van der Waals surface area contributed by atoms with E-state index in [-0.39, 0.29) is 30.3 Å². The monoisotopic (exact) mass is 444 g/mol. The summed E-state index contributed by atoms with van der Waals surface area (Å²) in [4.78, 5) is 11.7. The number of hydrogen-bond acceptors (Lipinski definition) is 3. The number of benzene rings is 2. The predicted octanol–water partition coefficient (Wildman–Crippen LogP) is 4.24. The number of halogens is 2. The smallest absolute Gasteiger partial charge is 0.217 e. The molecule has 0 saturated heterocycles. The van der Waals surface area contributed by atoms with E-state index in [1.54, 1.807) is 0 Å². The molecule has 1 aliphatic carbocycles. The number of aryl methyl sites for hydroxylation is 2. The molecule has 0 fully saturated rings. The van der Waals surface area contributed by atoms with Crippen LogP contribution in [-0.4, -0.2) is 29.7 Å². The van der Waals surface area contributed by atoms with Gasteiger partial charge in [-0.2, -0.15) is 0 Å². The topological polar surface area (TPSA) is 61.4 Å². The summed E-state index contributed by atoms with van der Waals surface area (Å²) in [7, 11) is 0. The first kappa shape index (κ1) is 24.3. The van der Waals surface area contributed by atoms with Crippen LogP contribution < -0.4 is 10.6 Å². The zero-order chi connectivity index (χ0) is 23.5. The Kier molecular flexibility index (Phi) is 7.67. The Morgan fingerprint density at radius 1 is 1.16 bits per heavy atom. The van der Waals surface area contributed by atoms with Gasteiger partial charge in [-0.1, -0.05) is 39.0 Å². The van der Waals surface area contributed by atoms with E-state index in [2.05, 4.69) is 49.6 Å². The number of amides is 1. The van der Waals surface area contributed by atoms with Crippen LogP contribution in [-0.2, 0) is 24.1 Å². The lowest BCUT2D eigenvalue weighted by Crippen LogP contribution is -2.50. The number of aliphatic hydroxyl groups excluding tert-OH is 1. The number of carbonyl (C=O) groups is 1. The summed E-state index contributed by atoms with van der Waals surface area (Å²) >= 11 is 0. The fourth-order valence-corrected chi connectivity index (χ4v) is 4.68. The molecule has 4 nitrogen and oxygen atoms in total. The van der Waals surface area contributed by atoms with Crippen LogP contribution in [0.4, 0.5) is 8.78 Å². The van der Waals surface area contributed by atoms with Gasteiger partial charge in [0, 0.05) is 25.6 Å². The van der Waals surface area contributed by atoms with E-state index in [1.807, 2.05) is 0 Å². The van der Waals surface area contributed by atoms with E-state index >= 15 is 0 Å². The number of aliphatic hydroxyl groups is 1. The van der Waals surface area contributed by atoms with Crippen LogP contribution in [0.3, 0.4) is 0 Å². The third-order valence-corrected chi connectivity index (χ3v) is 6.51. The third kappa shape index (κ3) is 5.93. The van der Waals surface area contributed by atoms with Gasteiger partial charge in [0.25, 0.3) is 0 Å². The molecule has 174 valence electrons. The first-order valence-corrected chi connectivity index (χ1v) is 11.3. The average molecular weight is 445 g/mol. The highest BCUT2D eigenvalue weighted by Gasteiger charge is 2.36. The van der Waals surface area contributed by atoms with Crippen molar-refractivity contribution in [3.63, 3.8) is 0 Å². The molecule has 0 aromatic heterocycles. The molecule has 2 aromatic carbocycles. The van der Waals surface area contributed by atoms with Gasteiger partial charge in [-0.25, -0.2) is 8.78 Å². The maximum atomic E-state index is 13.6. The summed E-state index contributed by atoms with van der Waals surface area (Å²) in [6, 6.07) is 9.27. The number of fused-ring (bicyclic) bond motifs is 1. The molecule has 0 heterocycles. The molecule has 0 spiro atoms. The van der Waals surface area contributed by atoms with Gasteiger partial charge >= 0.3 is 0 Å². The molecule has 1 amide bonds. The van der Waals surface area contributed by atoms with Gasteiger partial charge in [-0.3, -0.25) is 4.79 Å². The van der Waals surface area contributed by atoms with Gasteiger partial charge in [-0.15, -0.1) is 0 Å². The Hall–Kier alpha value is -2.31. The highest BCUT2D eigenvalue weighted by molar-refractivity contribution is 5.73. The van der Waals surface area contributed by atoms with Crippen molar-refractivity contribution >= 4 is 5.91 Å². The van der Waals surface area contributed by atoms with Gasteiger partial charge in [0.2, 0.25) is 5.91 Å². The zero-order valence-corrected chi connectivity index (χ0v) is 19.3. The highest BCUT2D eigenvalue weighted by atomic mass is 19.1. The lowest BCUT2D eigenvalue weighted by atomic mass is 9.70. The molecule has 3 atom stereocenters. The van der Waals surface area contributed by atoms with E-state index in [0.717, 1.165) is 25.3 Å². The molecule has 6 heteroatoms. The molecule has 0 saturated carbocycles. The minimum absolute atomic E-state index is 0.00568. The second-order valence-electron chi connectivity index (χ2n) is 9.57. The van der Waals surface area contributed by atoms with Crippen LogP contribution in [0.1, 0.15) is 62.4 Å². The van der Waals surface area contributed by atoms with Crippen molar-refractivity contribution in [3.8, 4) is 0 Å². The van der Waals surface area contributed by atoms with Crippen LogP contribution in [0.25, 0.3) is 0 Å². The molecule has 1 aliphatic rings. The van der Waals surface area contributed by atoms with Crippen molar-refractivity contribution in [1.82, 2.24) is 10.6 Å². The van der Waals surface area contributed by atoms with Crippen LogP contribution >= 0.6 is 0 Å². The summed E-state index contributed by atoms with van der Waals surface area (Å²) < 4.78 is 27.2. The summed E-state index contributed by atoms with van der Waals surface area (Å²) in [5, 5.41) is 17.2. The molecule has 3 rings (SSSR count). The molecule has 3 N–H and O–H groups in total. The lowest BCUT2D eigenvalue weighted by Gasteiger charge is -2.41. The minimum atomic E-state index is -0.930. The Morgan fingerprint density at radius 3 is 2.47 bits per heavy atom. The first-order chi connectivity index (χ1) is 15.1. The number of nitrogens with one attached hydrogen (secondary N) is 2. The zero-order valence-electron chi connectivity index (χ0n) is 19.3. The summed E-state index contributed by atoms with van der Waals surface area (Å²) in [6.07, 6.45) is 2.20. The van der Waals surface area contributed by atoms with E-state index in [4.69, 9.17) is 0 Å². The molecular formula is C26H34F2N2O2. The van der Waals surface area contributed by atoms with Crippen molar-refractivity contribution in [1.29, 1.82) is 0 Å². The van der Waals surface area contributed by atoms with Gasteiger partial charge in [0.1, 0.15) is 11.6 Å². The molecule has 0 bridgehead atoms. The van der Waals surface area contributed by atoms with Crippen molar-refractivity contribution in [2.75, 3.05) is 6.54 Å². The molecule has 0 aliphatic heterocycles. The van der Waals surface area contributed by atoms with Crippen molar-refractivity contribution in [2.24, 2.45) is 5.41 Å². The Balaban J connectivity index is 1.77. The Bertz CT molecular complexity index is 941. The molecule has 0 radical (unpaired) electrons. The fourth-order valence-electron chi connectivity index (χ4n) is 4.68. The average Bonchev–Trinajstić information content (AvgIpc) is 2.70. The maximum Gasteiger partial charge on any atom is 0.217 e. The molecular weight excluding hydrogens is 410 g/mol. The minimum Gasteiger partial charge on any atom is -0.390 e. The Morgan fingerprint density at radius 2 is 1.84 bits per heavy atom. The first-order valence-electron chi connectivity index (χ1n) is 11.3. The molecule has 3 unspecified atom stereocenters. The quantitative estimate of drug-likeness (QED) is 0.571. The summed E-state index contributed by atoms with van der Waals surface area (Å²) in [6.45, 7) is 8.19. The SMILES string of the molecule is CCc1ccc2c(c1)C(NCC(O)C(Cc1cc(F)cc(F)c1)NC(C)=O)C(C)(C)CC2. The predicted molar refractivity (Wildman–Crippen MR) is 122 cm³/mol. The van der Waals surface area contributed by atoms with Crippen LogP contribution in [0, 0.1) is 17.0 Å². The van der Waals surface area contributed by atoms with Crippen molar-refractivity contribution in [3.05, 3.63) is 70.3 Å². The summed E-state index contributed by atoms with van der Waals surface area (Å²) in [5.74, 6) is -1.66. The molecule has 2 aromatic rings. The second kappa shape index (κ2) is 10.1. The Labute approximate surface area is 189 Å². The van der Waals surface area contributed by atoms with Gasteiger partial charge in [-0.05, 0) is 65.5 Å². The van der Waals surface area contributed by atoms with Gasteiger partial charge < -0.3 is 15.7 Å². The van der Waals surface area contributed by atoms with E-state index in [9.17, 15) is 18.7 Å². The number of rotatable bonds is 8. The van der Waals surface area contributed by atoms with Crippen LogP contribution in [0.5, 0.6) is 0 Å². The normalized spacial score (nSPS) is 19.2. The molecule has 32 heavy (non-hydrogen) atoms. The van der Waals surface area contributed by atoms with Crippen molar-refractivity contribution < 1.29 is 18.7 Å². The summed E-state index contributed by atoms with van der Waals surface area (Å²) in [5.41, 5.74) is 4.24. The highest BCUT2D eigenvalue weighted by Crippen LogP contribution is 2.43. The van der Waals surface area contributed by atoms with Gasteiger partial charge in [0.05, 0.1) is 12.1 Å². The maximum absolute atomic E-state index is 13.6. The second-order valence-corrected chi connectivity index (χ2v) is 9.57. The van der Waals surface area contributed by atoms with Gasteiger partial charge in [0.15, 0.2) is 0 Å². The standard InChI is InChI=1S/C26H34F2N2O2/c1-5-17-6-7-19-8-9-26(3,4)25(22(19)12-17)29-15-24(32)23(30-16(2)31)13-18-10-20(27)14-21(28)11-18/h6-7,10-12,14,23-25,29,32H,5,8-9,13,15H2,1-4H3,(H,30,31). The number of carbonyl (C=O) groups excluding carboxylic acids is 1. The van der Waals surface area contributed by atoms with Crippen LogP contribution in [0.15, 0.2) is 36.4 Å². The van der Waals surface area contributed by atoms with E-state index < -0.39 is 23.8 Å². The largest absolute Gasteiger partial charge is 0.390 e. The van der Waals surface area contributed by atoms with E-state index in [1.165, 1.54) is 35.7 Å². The lowest BCUT2D eigenvalue weighted by molar-refractivity contribution is -0.120. The van der Waals surface area contributed by atoms with E-state index in [0.29, 0.717) is 5.56 Å².